The van der Waals surface area contributed by atoms with Crippen molar-refractivity contribution in [3.63, 3.8) is 0 Å². The van der Waals surface area contributed by atoms with E-state index in [1.165, 1.54) is 0 Å². The van der Waals surface area contributed by atoms with Gasteiger partial charge in [-0.2, -0.15) is 0 Å². The Labute approximate surface area is 89.6 Å². The average Bonchev–Trinajstić information content (AvgIpc) is 2.20. The molecule has 0 radical (unpaired) electrons. The molecule has 1 aliphatic rings. The van der Waals surface area contributed by atoms with Gasteiger partial charge in [0.15, 0.2) is 0 Å². The Bertz CT molecular complexity index is 318. The normalized spacial score (nSPS) is 24.7. The number of rotatable bonds is 4. The zero-order chi connectivity index (χ0) is 11.5. The van der Waals surface area contributed by atoms with Crippen LogP contribution in [0.1, 0.15) is 19.8 Å². The molecular formula is C8H17N3O3S. The summed E-state index contributed by atoms with van der Waals surface area (Å²) in [4.78, 5) is 10.9. The Kier molecular flexibility index (Phi) is 4.06. The van der Waals surface area contributed by atoms with Crippen molar-refractivity contribution in [2.45, 2.75) is 31.1 Å². The lowest BCUT2D eigenvalue weighted by atomic mass is 10.1. The first-order valence-electron chi connectivity index (χ1n) is 4.93. The molecular weight excluding hydrogens is 218 g/mol. The monoisotopic (exact) mass is 235 g/mol. The van der Waals surface area contributed by atoms with Crippen LogP contribution in [0, 0.1) is 0 Å². The molecule has 0 aromatic heterocycles. The third-order valence-electron chi connectivity index (χ3n) is 2.46. The zero-order valence-corrected chi connectivity index (χ0v) is 9.51. The van der Waals surface area contributed by atoms with Crippen molar-refractivity contribution < 1.29 is 13.2 Å². The minimum atomic E-state index is -3.35. The fourth-order valence-electron chi connectivity index (χ4n) is 1.31. The van der Waals surface area contributed by atoms with Crippen LogP contribution in [0.4, 0.5) is 0 Å². The second-order valence-electron chi connectivity index (χ2n) is 3.75. The van der Waals surface area contributed by atoms with E-state index in [4.69, 9.17) is 5.73 Å². The van der Waals surface area contributed by atoms with Gasteiger partial charge in [-0.15, -0.1) is 0 Å². The predicted molar refractivity (Wildman–Crippen MR) is 56.6 cm³/mol. The predicted octanol–water partition coefficient (Wildman–Crippen LogP) is -1.47. The summed E-state index contributed by atoms with van der Waals surface area (Å²) in [5, 5.41) is 2.01. The van der Waals surface area contributed by atoms with Gasteiger partial charge in [0, 0.05) is 25.6 Å². The van der Waals surface area contributed by atoms with Crippen LogP contribution in [0.25, 0.3) is 0 Å². The summed E-state index contributed by atoms with van der Waals surface area (Å²) >= 11 is 0. The second kappa shape index (κ2) is 4.91. The number of carbonyl (C=O) groups is 1. The van der Waals surface area contributed by atoms with Crippen molar-refractivity contribution in [3.05, 3.63) is 0 Å². The van der Waals surface area contributed by atoms with Crippen molar-refractivity contribution in [1.29, 1.82) is 0 Å². The smallest absolute Gasteiger partial charge is 0.220 e. The summed E-state index contributed by atoms with van der Waals surface area (Å²) in [5.74, 6) is -0.0303. The van der Waals surface area contributed by atoms with Gasteiger partial charge in [0.2, 0.25) is 15.9 Å². The van der Waals surface area contributed by atoms with Crippen LogP contribution >= 0.6 is 0 Å². The Hall–Kier alpha value is -0.660. The Morgan fingerprint density at radius 3 is 2.80 bits per heavy atom. The molecule has 88 valence electrons. The van der Waals surface area contributed by atoms with E-state index in [9.17, 15) is 13.2 Å². The summed E-state index contributed by atoms with van der Waals surface area (Å²) < 4.78 is 25.8. The number of nitrogens with two attached hydrogens (primary N) is 1. The van der Waals surface area contributed by atoms with Gasteiger partial charge in [-0.3, -0.25) is 4.79 Å². The van der Waals surface area contributed by atoms with E-state index in [1.807, 2.05) is 0 Å². The summed E-state index contributed by atoms with van der Waals surface area (Å²) in [5.41, 5.74) is 5.30. The van der Waals surface area contributed by atoms with E-state index in [2.05, 4.69) is 10.0 Å². The summed E-state index contributed by atoms with van der Waals surface area (Å²) in [6, 6.07) is -0.207. The van der Waals surface area contributed by atoms with Gasteiger partial charge in [0.1, 0.15) is 0 Å². The molecule has 1 rings (SSSR count). The Morgan fingerprint density at radius 1 is 1.67 bits per heavy atom. The quantitative estimate of drug-likeness (QED) is 0.554. The minimum absolute atomic E-state index is 0.0303. The first kappa shape index (κ1) is 12.4. The van der Waals surface area contributed by atoms with Gasteiger partial charge in [-0.25, -0.2) is 13.1 Å². The molecule has 0 aromatic carbocycles. The first-order valence-corrected chi connectivity index (χ1v) is 6.48. The molecule has 4 N–H and O–H groups in total. The van der Waals surface area contributed by atoms with Crippen LogP contribution in [0.2, 0.25) is 0 Å². The van der Waals surface area contributed by atoms with E-state index in [-0.39, 0.29) is 18.5 Å². The number of carbonyl (C=O) groups excluding carboxylic acids is 1. The molecule has 1 saturated heterocycles. The highest BCUT2D eigenvalue weighted by Crippen LogP contribution is 2.06. The van der Waals surface area contributed by atoms with Crippen LogP contribution in [0.3, 0.4) is 0 Å². The third kappa shape index (κ3) is 3.44. The highest BCUT2D eigenvalue weighted by atomic mass is 32.2. The second-order valence-corrected chi connectivity index (χ2v) is 5.88. The van der Waals surface area contributed by atoms with Gasteiger partial charge in [0.25, 0.3) is 0 Å². The maximum Gasteiger partial charge on any atom is 0.220 e. The van der Waals surface area contributed by atoms with Crippen molar-refractivity contribution >= 4 is 15.9 Å². The Balaban J connectivity index is 2.51. The van der Waals surface area contributed by atoms with Crippen LogP contribution in [0.5, 0.6) is 0 Å². The van der Waals surface area contributed by atoms with E-state index in [0.717, 1.165) is 0 Å². The molecule has 0 bridgehead atoms. The molecule has 1 aliphatic heterocycles. The number of hydrogen-bond donors (Lipinski definition) is 3. The largest absolute Gasteiger partial charge is 0.355 e. The number of sulfonamides is 1. The summed E-state index contributed by atoms with van der Waals surface area (Å²) in [7, 11) is -3.35. The Morgan fingerprint density at radius 2 is 2.33 bits per heavy atom. The highest BCUT2D eigenvalue weighted by molar-refractivity contribution is 7.90. The molecule has 7 heteroatoms. The highest BCUT2D eigenvalue weighted by Gasteiger charge is 2.26. The molecule has 2 unspecified atom stereocenters. The minimum Gasteiger partial charge on any atom is -0.355 e. The zero-order valence-electron chi connectivity index (χ0n) is 8.69. The number of nitrogens with one attached hydrogen (secondary N) is 2. The van der Waals surface area contributed by atoms with Crippen LogP contribution in [-0.4, -0.2) is 38.7 Å². The summed E-state index contributed by atoms with van der Waals surface area (Å²) in [6.07, 6.45) is 0.909. The molecule has 0 spiro atoms. The fraction of sp³-hybridized carbons (Fsp3) is 0.875. The van der Waals surface area contributed by atoms with Gasteiger partial charge < -0.3 is 11.1 Å². The van der Waals surface area contributed by atoms with E-state index < -0.39 is 15.3 Å². The van der Waals surface area contributed by atoms with E-state index in [1.54, 1.807) is 6.92 Å². The van der Waals surface area contributed by atoms with Gasteiger partial charge in [0.05, 0.1) is 5.25 Å². The van der Waals surface area contributed by atoms with Gasteiger partial charge in [-0.1, -0.05) is 0 Å². The number of amides is 1. The maximum atomic E-state index is 11.6. The molecule has 0 saturated carbocycles. The average molecular weight is 235 g/mol. The third-order valence-corrected chi connectivity index (χ3v) is 4.37. The molecule has 1 heterocycles. The SMILES string of the molecule is CC(CN)S(=O)(=O)NC1CCC(=O)NC1. The first-order chi connectivity index (χ1) is 6.95. The van der Waals surface area contributed by atoms with Crippen molar-refractivity contribution in [2.24, 2.45) is 5.73 Å². The molecule has 1 amide bonds. The molecule has 15 heavy (non-hydrogen) atoms. The molecule has 2 atom stereocenters. The fourth-order valence-corrected chi connectivity index (χ4v) is 2.46. The van der Waals surface area contributed by atoms with Crippen molar-refractivity contribution in [3.8, 4) is 0 Å². The molecule has 0 aromatic rings. The molecule has 0 aliphatic carbocycles. The summed E-state index contributed by atoms with van der Waals surface area (Å²) in [6.45, 7) is 2.01. The lowest BCUT2D eigenvalue weighted by Gasteiger charge is -2.24. The van der Waals surface area contributed by atoms with Crippen molar-refractivity contribution in [1.82, 2.24) is 10.0 Å². The lowest BCUT2D eigenvalue weighted by Crippen LogP contribution is -2.50. The van der Waals surface area contributed by atoms with Gasteiger partial charge >= 0.3 is 0 Å². The number of piperidine rings is 1. The van der Waals surface area contributed by atoms with Gasteiger partial charge in [-0.05, 0) is 13.3 Å². The van der Waals surface area contributed by atoms with E-state index in [0.29, 0.717) is 19.4 Å². The maximum absolute atomic E-state index is 11.6. The van der Waals surface area contributed by atoms with Crippen LogP contribution < -0.4 is 15.8 Å². The lowest BCUT2D eigenvalue weighted by molar-refractivity contribution is -0.122. The molecule has 6 nitrogen and oxygen atoms in total. The van der Waals surface area contributed by atoms with Crippen LogP contribution in [-0.2, 0) is 14.8 Å². The topological polar surface area (TPSA) is 101 Å². The number of hydrogen-bond acceptors (Lipinski definition) is 4. The van der Waals surface area contributed by atoms with Crippen LogP contribution in [0.15, 0.2) is 0 Å². The van der Waals surface area contributed by atoms with E-state index >= 15 is 0 Å². The standard InChI is InChI=1S/C8H17N3O3S/c1-6(4-9)15(13,14)11-7-2-3-8(12)10-5-7/h6-7,11H,2-5,9H2,1H3,(H,10,12). The van der Waals surface area contributed by atoms with Crippen molar-refractivity contribution in [2.75, 3.05) is 13.1 Å². The molecule has 1 fully saturated rings.